The van der Waals surface area contributed by atoms with Crippen molar-refractivity contribution in [2.24, 2.45) is 0 Å². The predicted molar refractivity (Wildman–Crippen MR) is 110 cm³/mol. The van der Waals surface area contributed by atoms with Crippen LogP contribution in [0.15, 0.2) is 28.9 Å². The minimum Gasteiger partial charge on any atom is -0.370 e. The van der Waals surface area contributed by atoms with Crippen molar-refractivity contribution in [3.05, 3.63) is 47.5 Å². The molecule has 8 nitrogen and oxygen atoms in total. The first-order chi connectivity index (χ1) is 14.7. The molecule has 0 radical (unpaired) electrons. The van der Waals surface area contributed by atoms with Crippen LogP contribution >= 0.6 is 0 Å². The van der Waals surface area contributed by atoms with Gasteiger partial charge < -0.3 is 18.4 Å². The van der Waals surface area contributed by atoms with Crippen molar-refractivity contribution < 1.29 is 14.0 Å². The van der Waals surface area contributed by atoms with E-state index in [-0.39, 0.29) is 6.10 Å². The van der Waals surface area contributed by atoms with Crippen LogP contribution in [0.1, 0.15) is 61.8 Å². The van der Waals surface area contributed by atoms with Crippen LogP contribution in [0.25, 0.3) is 5.65 Å². The minimum atomic E-state index is -0.509. The molecule has 0 aliphatic carbocycles. The maximum Gasteiger partial charge on any atom is 0.259 e. The van der Waals surface area contributed by atoms with E-state index in [2.05, 4.69) is 33.6 Å². The third-order valence-electron chi connectivity index (χ3n) is 6.26. The molecule has 0 bridgehead atoms. The van der Waals surface area contributed by atoms with Gasteiger partial charge in [-0.15, -0.1) is 0 Å². The minimum absolute atomic E-state index is 0.0419. The molecule has 2 saturated heterocycles. The van der Waals surface area contributed by atoms with Crippen LogP contribution in [-0.2, 0) is 21.6 Å². The molecule has 0 saturated carbocycles. The highest BCUT2D eigenvalue weighted by atomic mass is 16.5. The molecule has 1 atom stereocenters. The second kappa shape index (κ2) is 8.09. The Hall–Kier alpha value is -2.29. The molecule has 0 N–H and O–H groups in total. The number of fused-ring (bicyclic) bond motifs is 1. The molecule has 2 aliphatic heterocycles. The Kier molecular flexibility index (Phi) is 5.30. The summed E-state index contributed by atoms with van der Waals surface area (Å²) in [6.07, 6.45) is 5.73. The number of imidazole rings is 1. The van der Waals surface area contributed by atoms with E-state index in [4.69, 9.17) is 24.0 Å². The van der Waals surface area contributed by atoms with Crippen molar-refractivity contribution in [1.82, 2.24) is 24.4 Å². The number of likely N-dealkylation sites (tertiary alicyclic amines) is 1. The van der Waals surface area contributed by atoms with Gasteiger partial charge in [-0.2, -0.15) is 4.98 Å². The molecule has 3 aromatic rings. The molecule has 2 fully saturated rings. The summed E-state index contributed by atoms with van der Waals surface area (Å²) >= 11 is 0. The number of piperidine rings is 1. The van der Waals surface area contributed by atoms with Crippen LogP contribution in [0.4, 0.5) is 0 Å². The maximum absolute atomic E-state index is 6.21. The van der Waals surface area contributed by atoms with Crippen molar-refractivity contribution in [1.29, 1.82) is 0 Å². The van der Waals surface area contributed by atoms with Gasteiger partial charge in [0.1, 0.15) is 17.4 Å². The molecule has 0 aromatic carbocycles. The Morgan fingerprint density at radius 3 is 2.83 bits per heavy atom. The standard InChI is InChI=1S/C22H29N5O3/c1-3-29-22(21-24-20(25-30-21)18-7-5-13-28-18)9-11-26(12-10-22)14-17-15-27-16(2)6-4-8-19(27)23-17/h4,6,8,15,18H,3,5,7,9-14H2,1-2H3/t18-/m1/s1. The Bertz CT molecular complexity index is 999. The molecule has 160 valence electrons. The smallest absolute Gasteiger partial charge is 0.259 e. The van der Waals surface area contributed by atoms with E-state index in [1.165, 1.54) is 5.69 Å². The third kappa shape index (κ3) is 3.64. The SMILES string of the molecule is CCOC1(c2nc([C@H]3CCCO3)no2)CCN(Cc2cn3c(C)cccc3n2)CC1. The highest BCUT2D eigenvalue weighted by molar-refractivity contribution is 5.41. The predicted octanol–water partition coefficient (Wildman–Crippen LogP) is 3.41. The number of hydrogen-bond donors (Lipinski definition) is 0. The van der Waals surface area contributed by atoms with Gasteiger partial charge in [-0.1, -0.05) is 11.2 Å². The van der Waals surface area contributed by atoms with Gasteiger partial charge in [0.05, 0.1) is 5.69 Å². The first-order valence-electron chi connectivity index (χ1n) is 10.9. The van der Waals surface area contributed by atoms with Crippen molar-refractivity contribution in [2.75, 3.05) is 26.3 Å². The van der Waals surface area contributed by atoms with E-state index in [1.807, 2.05) is 19.1 Å². The lowest BCUT2D eigenvalue weighted by atomic mass is 9.90. The zero-order valence-electron chi connectivity index (χ0n) is 17.7. The van der Waals surface area contributed by atoms with Crippen molar-refractivity contribution >= 4 is 5.65 Å². The Balaban J connectivity index is 1.28. The molecule has 3 aromatic heterocycles. The van der Waals surface area contributed by atoms with E-state index in [0.29, 0.717) is 18.3 Å². The second-order valence-electron chi connectivity index (χ2n) is 8.29. The maximum atomic E-state index is 6.21. The molecule has 2 aliphatic rings. The van der Waals surface area contributed by atoms with Gasteiger partial charge in [-0.25, -0.2) is 4.98 Å². The molecular weight excluding hydrogens is 382 g/mol. The number of nitrogens with zero attached hydrogens (tertiary/aromatic N) is 5. The summed E-state index contributed by atoms with van der Waals surface area (Å²) in [5.41, 5.74) is 2.77. The summed E-state index contributed by atoms with van der Waals surface area (Å²) in [5.74, 6) is 1.25. The molecule has 0 amide bonds. The fourth-order valence-corrected chi connectivity index (χ4v) is 4.60. The van der Waals surface area contributed by atoms with E-state index >= 15 is 0 Å². The lowest BCUT2D eigenvalue weighted by molar-refractivity contribution is -0.104. The van der Waals surface area contributed by atoms with Crippen LogP contribution in [0.3, 0.4) is 0 Å². The topological polar surface area (TPSA) is 77.9 Å². The van der Waals surface area contributed by atoms with E-state index in [0.717, 1.165) is 63.3 Å². The summed E-state index contributed by atoms with van der Waals surface area (Å²) in [6.45, 7) is 8.12. The second-order valence-corrected chi connectivity index (χ2v) is 8.29. The van der Waals surface area contributed by atoms with E-state index in [9.17, 15) is 0 Å². The van der Waals surface area contributed by atoms with Gasteiger partial charge in [0.15, 0.2) is 0 Å². The fourth-order valence-electron chi connectivity index (χ4n) is 4.60. The van der Waals surface area contributed by atoms with Crippen LogP contribution in [0, 0.1) is 6.92 Å². The lowest BCUT2D eigenvalue weighted by Gasteiger charge is -2.38. The first-order valence-corrected chi connectivity index (χ1v) is 10.9. The van der Waals surface area contributed by atoms with Gasteiger partial charge in [-0.05, 0) is 51.7 Å². The van der Waals surface area contributed by atoms with Gasteiger partial charge >= 0.3 is 0 Å². The van der Waals surface area contributed by atoms with Gasteiger partial charge in [0, 0.05) is 44.7 Å². The summed E-state index contributed by atoms with van der Waals surface area (Å²) in [5, 5.41) is 4.20. The summed E-state index contributed by atoms with van der Waals surface area (Å²) < 4.78 is 19.7. The quantitative estimate of drug-likeness (QED) is 0.615. The fraction of sp³-hybridized carbons (Fsp3) is 0.591. The summed E-state index contributed by atoms with van der Waals surface area (Å²) in [4.78, 5) is 11.9. The van der Waals surface area contributed by atoms with E-state index in [1.54, 1.807) is 0 Å². The van der Waals surface area contributed by atoms with Crippen molar-refractivity contribution in [2.45, 2.75) is 57.8 Å². The monoisotopic (exact) mass is 411 g/mol. The zero-order chi connectivity index (χ0) is 20.6. The highest BCUT2D eigenvalue weighted by Gasteiger charge is 2.42. The molecule has 8 heteroatoms. The van der Waals surface area contributed by atoms with Gasteiger partial charge in [-0.3, -0.25) is 4.90 Å². The third-order valence-corrected chi connectivity index (χ3v) is 6.26. The summed E-state index contributed by atoms with van der Waals surface area (Å²) in [7, 11) is 0. The Morgan fingerprint density at radius 2 is 2.10 bits per heavy atom. The number of pyridine rings is 1. The number of aryl methyl sites for hydroxylation is 1. The normalized spacial score (nSPS) is 22.1. The van der Waals surface area contributed by atoms with Gasteiger partial charge in [0.2, 0.25) is 5.82 Å². The number of hydrogen-bond acceptors (Lipinski definition) is 7. The Labute approximate surface area is 176 Å². The van der Waals surface area contributed by atoms with Crippen LogP contribution < -0.4 is 0 Å². The zero-order valence-corrected chi connectivity index (χ0v) is 17.7. The number of aromatic nitrogens is 4. The number of ether oxygens (including phenoxy) is 2. The van der Waals surface area contributed by atoms with Gasteiger partial charge in [0.25, 0.3) is 5.89 Å². The van der Waals surface area contributed by atoms with E-state index < -0.39 is 5.60 Å². The summed E-state index contributed by atoms with van der Waals surface area (Å²) in [6, 6.07) is 6.20. The van der Waals surface area contributed by atoms with Crippen molar-refractivity contribution in [3.63, 3.8) is 0 Å². The molecule has 5 rings (SSSR count). The average molecular weight is 412 g/mol. The number of rotatable bonds is 6. The van der Waals surface area contributed by atoms with Crippen molar-refractivity contribution in [3.8, 4) is 0 Å². The van der Waals surface area contributed by atoms with Crippen LogP contribution in [0.2, 0.25) is 0 Å². The first kappa shape index (κ1) is 19.7. The average Bonchev–Trinajstić information content (AvgIpc) is 3.50. The van der Waals surface area contributed by atoms with Crippen LogP contribution in [-0.4, -0.2) is 50.7 Å². The lowest BCUT2D eigenvalue weighted by Crippen LogP contribution is -2.44. The molecule has 5 heterocycles. The largest absolute Gasteiger partial charge is 0.370 e. The molecular formula is C22H29N5O3. The molecule has 0 unspecified atom stereocenters. The molecule has 30 heavy (non-hydrogen) atoms. The van der Waals surface area contributed by atoms with Crippen LogP contribution in [0.5, 0.6) is 0 Å². The molecule has 0 spiro atoms. The highest BCUT2D eigenvalue weighted by Crippen LogP contribution is 2.37. The Morgan fingerprint density at radius 1 is 1.23 bits per heavy atom.